The summed E-state index contributed by atoms with van der Waals surface area (Å²) in [7, 11) is 5.98. The average Bonchev–Trinajstić information content (AvgIpc) is 2.83. The van der Waals surface area contributed by atoms with Crippen molar-refractivity contribution in [3.63, 3.8) is 0 Å². The van der Waals surface area contributed by atoms with Crippen LogP contribution in [0, 0.1) is 11.3 Å². The summed E-state index contributed by atoms with van der Waals surface area (Å²) in [5, 5.41) is 11.3. The smallest absolute Gasteiger partial charge is 0.253 e. The molecule has 0 bridgehead atoms. The second-order valence-corrected chi connectivity index (χ2v) is 8.64. The number of amides is 1. The number of hydrogen-bond donors (Lipinski definition) is 0. The lowest BCUT2D eigenvalue weighted by atomic mass is 10.0. The molecule has 0 aromatic heterocycles. The quantitative estimate of drug-likeness (QED) is 0.391. The Kier molecular flexibility index (Phi) is 6.53. The maximum Gasteiger partial charge on any atom is 0.253 e. The van der Waals surface area contributed by atoms with Crippen molar-refractivity contribution in [2.75, 3.05) is 21.1 Å². The third kappa shape index (κ3) is 5.11. The number of carbonyl (C=O) groups is 1. The van der Waals surface area contributed by atoms with Crippen molar-refractivity contribution in [1.82, 2.24) is 9.80 Å². The van der Waals surface area contributed by atoms with Crippen LogP contribution < -0.4 is 0 Å². The van der Waals surface area contributed by atoms with Crippen LogP contribution in [0.25, 0.3) is 21.9 Å². The standard InChI is InChI=1S/C29H27N3O/c1-31(2)19-22-9-16-28-26(17-22)5-4-6-27(28)20-32(3)29(33)25-14-12-24(13-15-25)23-10-7-21(18-30)8-11-23/h4-17H,19-20H2,1-3H3. The van der Waals surface area contributed by atoms with Crippen LogP contribution in [0.4, 0.5) is 0 Å². The minimum atomic E-state index is -0.0115. The molecule has 164 valence electrons. The second-order valence-electron chi connectivity index (χ2n) is 8.64. The summed E-state index contributed by atoms with van der Waals surface area (Å²) < 4.78 is 0. The highest BCUT2D eigenvalue weighted by molar-refractivity contribution is 5.95. The number of fused-ring (bicyclic) bond motifs is 1. The number of nitrogens with zero attached hydrogens (tertiary/aromatic N) is 3. The van der Waals surface area contributed by atoms with Gasteiger partial charge in [-0.25, -0.2) is 0 Å². The van der Waals surface area contributed by atoms with E-state index in [1.165, 1.54) is 16.3 Å². The molecule has 4 heteroatoms. The minimum absolute atomic E-state index is 0.0115. The molecule has 4 aromatic rings. The molecular formula is C29H27N3O. The van der Waals surface area contributed by atoms with Gasteiger partial charge >= 0.3 is 0 Å². The molecule has 0 aliphatic carbocycles. The molecule has 0 unspecified atom stereocenters. The molecule has 0 radical (unpaired) electrons. The Balaban J connectivity index is 1.50. The van der Waals surface area contributed by atoms with E-state index in [1.807, 2.05) is 43.4 Å². The Bertz CT molecular complexity index is 1320. The second kappa shape index (κ2) is 9.68. The van der Waals surface area contributed by atoms with Gasteiger partial charge in [0.1, 0.15) is 0 Å². The fraction of sp³-hybridized carbons (Fsp3) is 0.172. The van der Waals surface area contributed by atoms with Crippen molar-refractivity contribution < 1.29 is 4.79 Å². The Morgan fingerprint density at radius 2 is 1.48 bits per heavy atom. The van der Waals surface area contributed by atoms with Gasteiger partial charge in [-0.05, 0) is 77.5 Å². The van der Waals surface area contributed by atoms with Crippen LogP contribution in [0.3, 0.4) is 0 Å². The SMILES string of the molecule is CN(C)Cc1ccc2c(CN(C)C(=O)c3ccc(-c4ccc(C#N)cc4)cc3)cccc2c1. The molecule has 0 aliphatic heterocycles. The van der Waals surface area contributed by atoms with Gasteiger partial charge in [0.05, 0.1) is 11.6 Å². The lowest BCUT2D eigenvalue weighted by Gasteiger charge is -2.19. The lowest BCUT2D eigenvalue weighted by Crippen LogP contribution is -2.26. The summed E-state index contributed by atoms with van der Waals surface area (Å²) in [5.74, 6) is -0.0115. The predicted molar refractivity (Wildman–Crippen MR) is 134 cm³/mol. The van der Waals surface area contributed by atoms with Crippen LogP contribution in [-0.4, -0.2) is 36.9 Å². The van der Waals surface area contributed by atoms with E-state index in [0.717, 1.165) is 23.2 Å². The van der Waals surface area contributed by atoms with E-state index >= 15 is 0 Å². The van der Waals surface area contributed by atoms with Crippen LogP contribution in [0.5, 0.6) is 0 Å². The fourth-order valence-electron chi connectivity index (χ4n) is 4.09. The first-order chi connectivity index (χ1) is 15.9. The summed E-state index contributed by atoms with van der Waals surface area (Å²) in [4.78, 5) is 17.0. The molecule has 0 spiro atoms. The third-order valence-electron chi connectivity index (χ3n) is 5.77. The first kappa shape index (κ1) is 22.3. The summed E-state index contributed by atoms with van der Waals surface area (Å²) in [6.45, 7) is 1.44. The Hall–Kier alpha value is -3.94. The Morgan fingerprint density at radius 3 is 2.12 bits per heavy atom. The molecule has 1 amide bonds. The number of benzene rings is 4. The van der Waals surface area contributed by atoms with Gasteiger partial charge in [0.15, 0.2) is 0 Å². The van der Waals surface area contributed by atoms with Crippen molar-refractivity contribution in [3.05, 3.63) is 107 Å². The van der Waals surface area contributed by atoms with Crippen molar-refractivity contribution in [3.8, 4) is 17.2 Å². The number of rotatable bonds is 6. The highest BCUT2D eigenvalue weighted by atomic mass is 16.2. The first-order valence-electron chi connectivity index (χ1n) is 11.0. The van der Waals surface area contributed by atoms with Crippen molar-refractivity contribution in [2.45, 2.75) is 13.1 Å². The highest BCUT2D eigenvalue weighted by Gasteiger charge is 2.14. The van der Waals surface area contributed by atoms with Crippen molar-refractivity contribution in [1.29, 1.82) is 5.26 Å². The summed E-state index contributed by atoms with van der Waals surface area (Å²) >= 11 is 0. The van der Waals surface area contributed by atoms with Crippen LogP contribution in [-0.2, 0) is 13.1 Å². The van der Waals surface area contributed by atoms with E-state index in [9.17, 15) is 4.79 Å². The van der Waals surface area contributed by atoms with E-state index in [4.69, 9.17) is 5.26 Å². The van der Waals surface area contributed by atoms with Gasteiger partial charge < -0.3 is 9.80 Å². The molecule has 0 fully saturated rings. The van der Waals surface area contributed by atoms with Gasteiger partial charge in [0.2, 0.25) is 0 Å². The average molecular weight is 434 g/mol. The van der Waals surface area contributed by atoms with Gasteiger partial charge in [0.25, 0.3) is 5.91 Å². The molecule has 0 atom stereocenters. The van der Waals surface area contributed by atoms with E-state index in [2.05, 4.69) is 61.5 Å². The zero-order chi connectivity index (χ0) is 23.4. The van der Waals surface area contributed by atoms with Crippen LogP contribution in [0.2, 0.25) is 0 Å². The molecule has 0 saturated heterocycles. The maximum absolute atomic E-state index is 13.1. The molecule has 0 heterocycles. The van der Waals surface area contributed by atoms with Crippen LogP contribution in [0.1, 0.15) is 27.0 Å². The molecule has 4 aromatic carbocycles. The van der Waals surface area contributed by atoms with E-state index in [-0.39, 0.29) is 5.91 Å². The maximum atomic E-state index is 13.1. The molecular weight excluding hydrogens is 406 g/mol. The van der Waals surface area contributed by atoms with Crippen molar-refractivity contribution in [2.24, 2.45) is 0 Å². The monoisotopic (exact) mass is 433 g/mol. The molecule has 33 heavy (non-hydrogen) atoms. The first-order valence-corrected chi connectivity index (χ1v) is 11.0. The topological polar surface area (TPSA) is 47.3 Å². The van der Waals surface area contributed by atoms with E-state index < -0.39 is 0 Å². The van der Waals surface area contributed by atoms with Crippen LogP contribution >= 0.6 is 0 Å². The summed E-state index contributed by atoms with van der Waals surface area (Å²) in [6.07, 6.45) is 0. The number of nitriles is 1. The summed E-state index contributed by atoms with van der Waals surface area (Å²) in [6, 6.07) is 30.0. The van der Waals surface area contributed by atoms with Gasteiger partial charge in [-0.1, -0.05) is 54.6 Å². The van der Waals surface area contributed by atoms with Gasteiger partial charge in [-0.3, -0.25) is 4.79 Å². The number of carbonyl (C=O) groups excluding carboxylic acids is 1. The minimum Gasteiger partial charge on any atom is -0.337 e. The summed E-state index contributed by atoms with van der Waals surface area (Å²) in [5.41, 5.74) is 5.73. The van der Waals surface area contributed by atoms with E-state index in [0.29, 0.717) is 17.7 Å². The highest BCUT2D eigenvalue weighted by Crippen LogP contribution is 2.24. The largest absolute Gasteiger partial charge is 0.337 e. The Labute approximate surface area is 195 Å². The van der Waals surface area contributed by atoms with Crippen molar-refractivity contribution >= 4 is 16.7 Å². The number of hydrogen-bond acceptors (Lipinski definition) is 3. The Morgan fingerprint density at radius 1 is 0.818 bits per heavy atom. The molecule has 0 aliphatic rings. The molecule has 0 saturated carbocycles. The normalized spacial score (nSPS) is 10.9. The molecule has 4 rings (SSSR count). The lowest BCUT2D eigenvalue weighted by molar-refractivity contribution is 0.0785. The zero-order valence-electron chi connectivity index (χ0n) is 19.2. The predicted octanol–water partition coefficient (Wildman–Crippen LogP) is 5.71. The van der Waals surface area contributed by atoms with E-state index in [1.54, 1.807) is 17.0 Å². The van der Waals surface area contributed by atoms with Gasteiger partial charge in [-0.2, -0.15) is 5.26 Å². The fourth-order valence-corrected chi connectivity index (χ4v) is 4.09. The zero-order valence-corrected chi connectivity index (χ0v) is 19.2. The van der Waals surface area contributed by atoms with Gasteiger partial charge in [-0.15, -0.1) is 0 Å². The third-order valence-corrected chi connectivity index (χ3v) is 5.77. The van der Waals surface area contributed by atoms with Crippen LogP contribution in [0.15, 0.2) is 84.9 Å². The molecule has 4 nitrogen and oxygen atoms in total. The molecule has 0 N–H and O–H groups in total. The van der Waals surface area contributed by atoms with Gasteiger partial charge in [0, 0.05) is 25.7 Å².